The SMILES string of the molecule is CC(C)Oc1ccc(NC(=NCc2nncn2C)NCCCOC2CCCCC2)cc1.I. The third-order valence-electron chi connectivity index (χ3n) is 5.19. The van der Waals surface area contributed by atoms with Gasteiger partial charge in [0.1, 0.15) is 18.6 Å². The maximum atomic E-state index is 6.03. The quantitative estimate of drug-likeness (QED) is 0.194. The second-order valence-corrected chi connectivity index (χ2v) is 8.25. The van der Waals surface area contributed by atoms with Crippen LogP contribution >= 0.6 is 24.0 Å². The van der Waals surface area contributed by atoms with E-state index in [9.17, 15) is 0 Å². The minimum absolute atomic E-state index is 0. The van der Waals surface area contributed by atoms with E-state index in [0.717, 1.165) is 36.8 Å². The maximum Gasteiger partial charge on any atom is 0.196 e. The van der Waals surface area contributed by atoms with E-state index in [0.29, 0.717) is 18.6 Å². The zero-order chi connectivity index (χ0) is 21.9. The van der Waals surface area contributed by atoms with E-state index < -0.39 is 0 Å². The zero-order valence-electron chi connectivity index (χ0n) is 19.4. The number of rotatable bonds is 10. The molecule has 0 bridgehead atoms. The highest BCUT2D eigenvalue weighted by Crippen LogP contribution is 2.20. The van der Waals surface area contributed by atoms with Crippen LogP contribution in [0.4, 0.5) is 5.69 Å². The Balaban J connectivity index is 0.00000363. The topological polar surface area (TPSA) is 85.6 Å². The number of aromatic nitrogens is 3. The summed E-state index contributed by atoms with van der Waals surface area (Å²) in [5.74, 6) is 2.37. The van der Waals surface area contributed by atoms with Crippen molar-refractivity contribution in [3.63, 3.8) is 0 Å². The summed E-state index contributed by atoms with van der Waals surface area (Å²) in [7, 11) is 1.92. The van der Waals surface area contributed by atoms with Gasteiger partial charge in [0.05, 0.1) is 12.2 Å². The van der Waals surface area contributed by atoms with Gasteiger partial charge in [-0.25, -0.2) is 4.99 Å². The van der Waals surface area contributed by atoms with Crippen molar-refractivity contribution in [2.45, 2.75) is 71.1 Å². The molecule has 1 fully saturated rings. The van der Waals surface area contributed by atoms with Crippen LogP contribution in [-0.4, -0.2) is 46.1 Å². The third kappa shape index (κ3) is 9.32. The van der Waals surface area contributed by atoms with Gasteiger partial charge in [-0.2, -0.15) is 0 Å². The second kappa shape index (κ2) is 14.3. The van der Waals surface area contributed by atoms with Crippen molar-refractivity contribution in [1.29, 1.82) is 0 Å². The first-order valence-electron chi connectivity index (χ1n) is 11.4. The van der Waals surface area contributed by atoms with Crippen LogP contribution in [0.1, 0.15) is 58.2 Å². The molecule has 1 aromatic heterocycles. The zero-order valence-corrected chi connectivity index (χ0v) is 21.7. The molecule has 2 aromatic rings. The Labute approximate surface area is 208 Å². The third-order valence-corrected chi connectivity index (χ3v) is 5.19. The fourth-order valence-corrected chi connectivity index (χ4v) is 3.53. The van der Waals surface area contributed by atoms with Crippen LogP contribution in [0.3, 0.4) is 0 Å². The number of aryl methyl sites for hydroxylation is 1. The van der Waals surface area contributed by atoms with E-state index in [1.165, 1.54) is 32.1 Å². The van der Waals surface area contributed by atoms with E-state index in [-0.39, 0.29) is 30.1 Å². The predicted octanol–water partition coefficient (Wildman–Crippen LogP) is 4.52. The van der Waals surface area contributed by atoms with Crippen LogP contribution in [0.2, 0.25) is 0 Å². The van der Waals surface area contributed by atoms with E-state index in [4.69, 9.17) is 9.47 Å². The molecule has 178 valence electrons. The van der Waals surface area contributed by atoms with Gasteiger partial charge in [-0.15, -0.1) is 34.2 Å². The monoisotopic (exact) mass is 556 g/mol. The molecule has 8 nitrogen and oxygen atoms in total. The van der Waals surface area contributed by atoms with Crippen molar-refractivity contribution >= 4 is 35.6 Å². The molecule has 1 heterocycles. The Hall–Kier alpha value is -1.88. The van der Waals surface area contributed by atoms with Crippen molar-refractivity contribution in [1.82, 2.24) is 20.1 Å². The van der Waals surface area contributed by atoms with Crippen molar-refractivity contribution < 1.29 is 9.47 Å². The second-order valence-electron chi connectivity index (χ2n) is 8.25. The highest BCUT2D eigenvalue weighted by molar-refractivity contribution is 14.0. The molecule has 0 atom stereocenters. The molecule has 1 saturated carbocycles. The molecule has 0 saturated heterocycles. The summed E-state index contributed by atoms with van der Waals surface area (Å²) in [5.41, 5.74) is 0.943. The normalized spacial score (nSPS) is 14.8. The molecular formula is C23H37IN6O2. The molecule has 1 aliphatic rings. The van der Waals surface area contributed by atoms with Crippen LogP contribution in [-0.2, 0) is 18.3 Å². The molecule has 0 aliphatic heterocycles. The Kier molecular flexibility index (Phi) is 11.8. The highest BCUT2D eigenvalue weighted by Gasteiger charge is 2.13. The number of nitrogens with zero attached hydrogens (tertiary/aromatic N) is 4. The number of ether oxygens (including phenoxy) is 2. The molecule has 0 unspecified atom stereocenters. The highest BCUT2D eigenvalue weighted by atomic mass is 127. The summed E-state index contributed by atoms with van der Waals surface area (Å²) in [5, 5.41) is 14.8. The molecule has 3 rings (SSSR count). The van der Waals surface area contributed by atoms with Gasteiger partial charge >= 0.3 is 0 Å². The number of benzene rings is 1. The van der Waals surface area contributed by atoms with Gasteiger partial charge in [0.2, 0.25) is 0 Å². The van der Waals surface area contributed by atoms with Crippen LogP contribution in [0.15, 0.2) is 35.6 Å². The lowest BCUT2D eigenvalue weighted by Gasteiger charge is -2.22. The van der Waals surface area contributed by atoms with Crippen LogP contribution in [0.25, 0.3) is 0 Å². The first kappa shape index (κ1) is 26.4. The Morgan fingerprint density at radius 1 is 1.19 bits per heavy atom. The van der Waals surface area contributed by atoms with Crippen molar-refractivity contribution in [3.05, 3.63) is 36.4 Å². The van der Waals surface area contributed by atoms with Crippen molar-refractivity contribution in [3.8, 4) is 5.75 Å². The Morgan fingerprint density at radius 3 is 2.59 bits per heavy atom. The molecule has 2 N–H and O–H groups in total. The largest absolute Gasteiger partial charge is 0.491 e. The number of halogens is 1. The summed E-state index contributed by atoms with van der Waals surface area (Å²) in [6, 6.07) is 7.90. The minimum Gasteiger partial charge on any atom is -0.491 e. The molecule has 32 heavy (non-hydrogen) atoms. The van der Waals surface area contributed by atoms with Crippen molar-refractivity contribution in [2.75, 3.05) is 18.5 Å². The summed E-state index contributed by atoms with van der Waals surface area (Å²) < 4.78 is 13.6. The molecule has 1 aromatic carbocycles. The molecule has 1 aliphatic carbocycles. The van der Waals surface area contributed by atoms with E-state index >= 15 is 0 Å². The predicted molar refractivity (Wildman–Crippen MR) is 139 cm³/mol. The van der Waals surface area contributed by atoms with E-state index in [1.807, 2.05) is 49.7 Å². The van der Waals surface area contributed by atoms with Gasteiger partial charge in [-0.05, 0) is 57.4 Å². The van der Waals surface area contributed by atoms with E-state index in [2.05, 4.69) is 25.8 Å². The number of guanidine groups is 1. The first-order chi connectivity index (χ1) is 15.1. The van der Waals surface area contributed by atoms with Gasteiger partial charge in [-0.1, -0.05) is 19.3 Å². The van der Waals surface area contributed by atoms with Crippen LogP contribution < -0.4 is 15.4 Å². The van der Waals surface area contributed by atoms with Gasteiger partial charge in [-0.3, -0.25) is 0 Å². The van der Waals surface area contributed by atoms with Crippen molar-refractivity contribution in [2.24, 2.45) is 12.0 Å². The number of aliphatic imine (C=N–C) groups is 1. The molecule has 9 heteroatoms. The smallest absolute Gasteiger partial charge is 0.196 e. The Bertz CT molecular complexity index is 803. The van der Waals surface area contributed by atoms with Crippen LogP contribution in [0, 0.1) is 0 Å². The molecule has 0 radical (unpaired) electrons. The van der Waals surface area contributed by atoms with Crippen LogP contribution in [0.5, 0.6) is 5.75 Å². The molecule has 0 spiro atoms. The lowest BCUT2D eigenvalue weighted by Crippen LogP contribution is -2.32. The molecular weight excluding hydrogens is 519 g/mol. The number of nitrogens with one attached hydrogen (secondary N) is 2. The maximum absolute atomic E-state index is 6.03. The average Bonchev–Trinajstić information content (AvgIpc) is 3.18. The lowest BCUT2D eigenvalue weighted by molar-refractivity contribution is 0.0277. The number of anilines is 1. The van der Waals surface area contributed by atoms with Gasteiger partial charge in [0.15, 0.2) is 11.8 Å². The average molecular weight is 556 g/mol. The van der Waals surface area contributed by atoms with Gasteiger partial charge in [0, 0.05) is 25.9 Å². The minimum atomic E-state index is 0. The number of hydrogen-bond donors (Lipinski definition) is 2. The van der Waals surface area contributed by atoms with Gasteiger partial charge in [0.25, 0.3) is 0 Å². The fourth-order valence-electron chi connectivity index (χ4n) is 3.53. The molecule has 0 amide bonds. The Morgan fingerprint density at radius 2 is 1.94 bits per heavy atom. The van der Waals surface area contributed by atoms with Gasteiger partial charge < -0.3 is 24.7 Å². The summed E-state index contributed by atoms with van der Waals surface area (Å²) in [4.78, 5) is 4.68. The standard InChI is InChI=1S/C23H36N6O2.HI/c1-18(2)31-21-12-10-19(11-13-21)27-23(25-16-22-28-26-17-29(22)3)24-14-7-15-30-20-8-5-4-6-9-20;/h10-13,17-18,20H,4-9,14-16H2,1-3H3,(H2,24,25,27);1H. The summed E-state index contributed by atoms with van der Waals surface area (Å²) in [6.07, 6.45) is 9.57. The summed E-state index contributed by atoms with van der Waals surface area (Å²) >= 11 is 0. The van der Waals surface area contributed by atoms with E-state index in [1.54, 1.807) is 6.33 Å². The summed E-state index contributed by atoms with van der Waals surface area (Å²) in [6.45, 7) is 6.04. The fraction of sp³-hybridized carbons (Fsp3) is 0.609. The first-order valence-corrected chi connectivity index (χ1v) is 11.4. The number of hydrogen-bond acceptors (Lipinski definition) is 5. The lowest BCUT2D eigenvalue weighted by atomic mass is 9.98.